The average molecular weight is 315 g/mol. The normalized spacial score (nSPS) is 11.3. The zero-order valence-electron chi connectivity index (χ0n) is 11.3. The van der Waals surface area contributed by atoms with E-state index in [9.17, 15) is 4.39 Å². The van der Waals surface area contributed by atoms with Crippen LogP contribution in [0.2, 0.25) is 5.02 Å². The molecule has 2 aromatic rings. The molecule has 1 aromatic heterocycles. The molecular weight excluding hydrogens is 299 g/mol. The summed E-state index contributed by atoms with van der Waals surface area (Å²) in [5.41, 5.74) is 6.19. The number of rotatable bonds is 5. The van der Waals surface area contributed by atoms with E-state index in [1.807, 2.05) is 18.4 Å². The third-order valence-electron chi connectivity index (χ3n) is 2.82. The zero-order valence-corrected chi connectivity index (χ0v) is 12.9. The molecule has 0 unspecified atom stereocenters. The number of hydrogen-bond acceptors (Lipinski definition) is 4. The smallest absolute Gasteiger partial charge is 0.191 e. The van der Waals surface area contributed by atoms with Gasteiger partial charge in [0.05, 0.1) is 11.6 Å². The van der Waals surface area contributed by atoms with E-state index < -0.39 is 0 Å². The fourth-order valence-electron chi connectivity index (χ4n) is 1.87. The molecule has 0 aliphatic carbocycles. The molecule has 1 aromatic carbocycles. The first-order valence-corrected chi connectivity index (χ1v) is 7.60. The van der Waals surface area contributed by atoms with Crippen LogP contribution in [-0.4, -0.2) is 14.8 Å². The van der Waals surface area contributed by atoms with E-state index in [0.717, 1.165) is 11.0 Å². The van der Waals surface area contributed by atoms with Crippen LogP contribution in [0, 0.1) is 5.82 Å². The number of benzene rings is 1. The number of thioether (sulfide) groups is 1. The SMILES string of the molecule is CC(C)n1c(CN)nnc1SCc1cccc(Cl)c1F. The largest absolute Gasteiger partial charge is 0.324 e. The van der Waals surface area contributed by atoms with E-state index in [4.69, 9.17) is 17.3 Å². The van der Waals surface area contributed by atoms with Crippen LogP contribution in [0.15, 0.2) is 23.4 Å². The summed E-state index contributed by atoms with van der Waals surface area (Å²) in [6.07, 6.45) is 0. The van der Waals surface area contributed by atoms with Gasteiger partial charge in [0.1, 0.15) is 11.6 Å². The Morgan fingerprint density at radius 1 is 1.40 bits per heavy atom. The number of aromatic nitrogens is 3. The van der Waals surface area contributed by atoms with Crippen LogP contribution in [0.5, 0.6) is 0 Å². The molecule has 0 aliphatic heterocycles. The lowest BCUT2D eigenvalue weighted by Gasteiger charge is -2.12. The van der Waals surface area contributed by atoms with Gasteiger partial charge in [-0.2, -0.15) is 0 Å². The van der Waals surface area contributed by atoms with Gasteiger partial charge >= 0.3 is 0 Å². The lowest BCUT2D eigenvalue weighted by molar-refractivity contribution is 0.526. The van der Waals surface area contributed by atoms with Crippen LogP contribution in [0.25, 0.3) is 0 Å². The summed E-state index contributed by atoms with van der Waals surface area (Å²) in [6.45, 7) is 4.40. The van der Waals surface area contributed by atoms with Crippen LogP contribution in [0.4, 0.5) is 4.39 Å². The summed E-state index contributed by atoms with van der Waals surface area (Å²) in [6, 6.07) is 5.19. The summed E-state index contributed by atoms with van der Waals surface area (Å²) in [7, 11) is 0. The quantitative estimate of drug-likeness (QED) is 0.859. The number of halogens is 2. The van der Waals surface area contributed by atoms with Crippen molar-refractivity contribution in [1.29, 1.82) is 0 Å². The maximum atomic E-state index is 13.8. The standard InChI is InChI=1S/C13H16ClFN4S/c1-8(2)19-11(6-16)17-18-13(19)20-7-9-4-3-5-10(14)12(9)15/h3-5,8H,6-7,16H2,1-2H3. The molecule has 0 saturated carbocycles. The number of nitrogens with two attached hydrogens (primary N) is 1. The highest BCUT2D eigenvalue weighted by molar-refractivity contribution is 7.98. The van der Waals surface area contributed by atoms with Gasteiger partial charge in [-0.05, 0) is 25.5 Å². The van der Waals surface area contributed by atoms with E-state index in [-0.39, 0.29) is 16.9 Å². The molecular formula is C13H16ClFN4S. The van der Waals surface area contributed by atoms with Crippen LogP contribution >= 0.6 is 23.4 Å². The molecule has 1 heterocycles. The minimum atomic E-state index is -0.378. The van der Waals surface area contributed by atoms with E-state index in [2.05, 4.69) is 10.2 Å². The second-order valence-corrected chi connectivity index (χ2v) is 5.92. The maximum Gasteiger partial charge on any atom is 0.191 e. The van der Waals surface area contributed by atoms with Gasteiger partial charge in [0.25, 0.3) is 0 Å². The van der Waals surface area contributed by atoms with E-state index in [1.165, 1.54) is 17.8 Å². The fourth-order valence-corrected chi connectivity index (χ4v) is 3.12. The summed E-state index contributed by atoms with van der Waals surface area (Å²) < 4.78 is 15.8. The van der Waals surface area contributed by atoms with Crippen LogP contribution in [-0.2, 0) is 12.3 Å². The summed E-state index contributed by atoms with van der Waals surface area (Å²) in [5.74, 6) is 0.798. The van der Waals surface area contributed by atoms with Gasteiger partial charge in [0.2, 0.25) is 0 Å². The van der Waals surface area contributed by atoms with Gasteiger partial charge < -0.3 is 10.3 Å². The Hall–Kier alpha value is -1.11. The molecule has 7 heteroatoms. The van der Waals surface area contributed by atoms with Crippen molar-refractivity contribution in [3.8, 4) is 0 Å². The van der Waals surface area contributed by atoms with Gasteiger partial charge in [-0.15, -0.1) is 10.2 Å². The predicted octanol–water partition coefficient (Wildman–Crippen LogP) is 3.40. The van der Waals surface area contributed by atoms with Gasteiger partial charge in [0.15, 0.2) is 5.16 Å². The Bertz CT molecular complexity index is 600. The van der Waals surface area contributed by atoms with E-state index in [0.29, 0.717) is 17.9 Å². The van der Waals surface area contributed by atoms with Crippen LogP contribution < -0.4 is 5.73 Å². The van der Waals surface area contributed by atoms with Crippen LogP contribution in [0.3, 0.4) is 0 Å². The first-order chi connectivity index (χ1) is 9.54. The third-order valence-corrected chi connectivity index (χ3v) is 4.11. The summed E-state index contributed by atoms with van der Waals surface area (Å²) >= 11 is 7.19. The molecule has 0 amide bonds. The number of hydrogen-bond donors (Lipinski definition) is 1. The monoisotopic (exact) mass is 314 g/mol. The summed E-state index contributed by atoms with van der Waals surface area (Å²) in [5, 5.41) is 9.04. The Kier molecular flexibility index (Phi) is 5.01. The molecule has 0 aliphatic rings. The van der Waals surface area contributed by atoms with Crippen LogP contribution in [0.1, 0.15) is 31.3 Å². The van der Waals surface area contributed by atoms with Crippen molar-refractivity contribution in [3.63, 3.8) is 0 Å². The highest BCUT2D eigenvalue weighted by Crippen LogP contribution is 2.27. The zero-order chi connectivity index (χ0) is 14.7. The molecule has 0 fully saturated rings. The minimum Gasteiger partial charge on any atom is -0.324 e. The topological polar surface area (TPSA) is 56.7 Å². The third kappa shape index (κ3) is 3.13. The van der Waals surface area contributed by atoms with Crippen molar-refractivity contribution in [2.24, 2.45) is 5.73 Å². The van der Waals surface area contributed by atoms with E-state index in [1.54, 1.807) is 12.1 Å². The van der Waals surface area contributed by atoms with E-state index >= 15 is 0 Å². The Morgan fingerprint density at radius 3 is 2.80 bits per heavy atom. The molecule has 4 nitrogen and oxygen atoms in total. The maximum absolute atomic E-state index is 13.8. The first kappa shape index (κ1) is 15.3. The van der Waals surface area contributed by atoms with Crippen molar-refractivity contribution in [3.05, 3.63) is 40.4 Å². The lowest BCUT2D eigenvalue weighted by Crippen LogP contribution is -2.11. The minimum absolute atomic E-state index is 0.135. The Morgan fingerprint density at radius 2 is 2.15 bits per heavy atom. The molecule has 0 saturated heterocycles. The van der Waals surface area contributed by atoms with Crippen molar-refractivity contribution < 1.29 is 4.39 Å². The van der Waals surface area contributed by atoms with Gasteiger partial charge in [-0.1, -0.05) is 35.5 Å². The molecule has 0 radical (unpaired) electrons. The molecule has 2 N–H and O–H groups in total. The summed E-state index contributed by atoms with van der Waals surface area (Å²) in [4.78, 5) is 0. The van der Waals surface area contributed by atoms with Crippen molar-refractivity contribution in [2.75, 3.05) is 0 Å². The highest BCUT2D eigenvalue weighted by atomic mass is 35.5. The fraction of sp³-hybridized carbons (Fsp3) is 0.385. The number of nitrogens with zero attached hydrogens (tertiary/aromatic N) is 3. The molecule has 108 valence electrons. The Labute approximate surface area is 126 Å². The Balaban J connectivity index is 2.19. The first-order valence-electron chi connectivity index (χ1n) is 6.24. The van der Waals surface area contributed by atoms with Gasteiger partial charge in [0, 0.05) is 11.8 Å². The molecule has 2 rings (SSSR count). The van der Waals surface area contributed by atoms with Crippen molar-refractivity contribution >= 4 is 23.4 Å². The second kappa shape index (κ2) is 6.56. The molecule has 0 spiro atoms. The second-order valence-electron chi connectivity index (χ2n) is 4.57. The van der Waals surface area contributed by atoms with Crippen molar-refractivity contribution in [2.45, 2.75) is 37.3 Å². The molecule has 0 bridgehead atoms. The molecule has 0 atom stereocenters. The van der Waals surface area contributed by atoms with Gasteiger partial charge in [-0.3, -0.25) is 0 Å². The molecule has 20 heavy (non-hydrogen) atoms. The van der Waals surface area contributed by atoms with Gasteiger partial charge in [-0.25, -0.2) is 4.39 Å². The van der Waals surface area contributed by atoms with Crippen molar-refractivity contribution in [1.82, 2.24) is 14.8 Å². The average Bonchev–Trinajstić information content (AvgIpc) is 2.83. The highest BCUT2D eigenvalue weighted by Gasteiger charge is 2.15. The lowest BCUT2D eigenvalue weighted by atomic mass is 10.2. The predicted molar refractivity (Wildman–Crippen MR) is 79.3 cm³/mol.